The average molecular weight is 467 g/mol. The number of H-pyrrole nitrogens is 1. The summed E-state index contributed by atoms with van der Waals surface area (Å²) in [6, 6.07) is 13.0. The van der Waals surface area contributed by atoms with E-state index in [2.05, 4.69) is 20.3 Å². The number of hydrogen-bond donors (Lipinski definition) is 1. The summed E-state index contributed by atoms with van der Waals surface area (Å²) in [5.74, 6) is -0.387. The van der Waals surface area contributed by atoms with Gasteiger partial charge >= 0.3 is 0 Å². The van der Waals surface area contributed by atoms with E-state index < -0.39 is 5.82 Å². The van der Waals surface area contributed by atoms with Gasteiger partial charge in [-0.05, 0) is 42.7 Å². The molecule has 1 amide bonds. The van der Waals surface area contributed by atoms with Crippen molar-refractivity contribution in [3.05, 3.63) is 86.7 Å². The van der Waals surface area contributed by atoms with Crippen molar-refractivity contribution in [1.82, 2.24) is 29.9 Å². The Kier molecular flexibility index (Phi) is 5.63. The molecule has 2 aromatic heterocycles. The third kappa shape index (κ3) is 4.23. The molecule has 1 fully saturated rings. The standard InChI is InChI=1S/C23H20ClFN6O2/c24-18-9-2-1-5-15(18)13-31-21-19(28-29-31)22(32)27-20(26-21)16-7-4-10-30(12-16)23(33)14-6-3-8-17(25)11-14/h1-3,5-6,8-9,11,16H,4,7,10,12-13H2,(H,26,27,32). The van der Waals surface area contributed by atoms with Crippen LogP contribution in [0.25, 0.3) is 11.2 Å². The van der Waals surface area contributed by atoms with Crippen molar-refractivity contribution < 1.29 is 9.18 Å². The molecule has 0 bridgehead atoms. The summed E-state index contributed by atoms with van der Waals surface area (Å²) in [4.78, 5) is 34.7. The quantitative estimate of drug-likeness (QED) is 0.497. The van der Waals surface area contributed by atoms with Gasteiger partial charge in [0.05, 0.1) is 6.54 Å². The minimum Gasteiger partial charge on any atom is -0.338 e. The van der Waals surface area contributed by atoms with E-state index in [0.29, 0.717) is 41.7 Å². The molecule has 1 aliphatic rings. The normalized spacial score (nSPS) is 16.3. The number of aromatic nitrogens is 5. The largest absolute Gasteiger partial charge is 0.338 e. The van der Waals surface area contributed by atoms with Crippen molar-refractivity contribution in [3.8, 4) is 0 Å². The molecule has 0 aliphatic carbocycles. The van der Waals surface area contributed by atoms with Crippen LogP contribution in [-0.4, -0.2) is 48.9 Å². The van der Waals surface area contributed by atoms with E-state index in [-0.39, 0.29) is 22.9 Å². The summed E-state index contributed by atoms with van der Waals surface area (Å²) >= 11 is 6.27. The van der Waals surface area contributed by atoms with Gasteiger partial charge in [-0.15, -0.1) is 5.10 Å². The lowest BCUT2D eigenvalue weighted by Crippen LogP contribution is -2.40. The fourth-order valence-corrected chi connectivity index (χ4v) is 4.36. The second kappa shape index (κ2) is 8.74. The third-order valence-corrected chi connectivity index (χ3v) is 6.21. The van der Waals surface area contributed by atoms with Gasteiger partial charge in [0.15, 0.2) is 11.2 Å². The molecule has 4 aromatic rings. The van der Waals surface area contributed by atoms with E-state index in [4.69, 9.17) is 11.6 Å². The summed E-state index contributed by atoms with van der Waals surface area (Å²) in [5, 5.41) is 8.67. The number of benzene rings is 2. The molecule has 1 saturated heterocycles. The molecule has 33 heavy (non-hydrogen) atoms. The summed E-state index contributed by atoms with van der Waals surface area (Å²) in [6.45, 7) is 1.25. The monoisotopic (exact) mass is 466 g/mol. The van der Waals surface area contributed by atoms with Crippen molar-refractivity contribution in [2.75, 3.05) is 13.1 Å². The lowest BCUT2D eigenvalue weighted by Gasteiger charge is -2.32. The lowest BCUT2D eigenvalue weighted by molar-refractivity contribution is 0.0704. The maximum absolute atomic E-state index is 13.6. The van der Waals surface area contributed by atoms with Crippen LogP contribution in [0.3, 0.4) is 0 Å². The number of fused-ring (bicyclic) bond motifs is 1. The van der Waals surface area contributed by atoms with Crippen molar-refractivity contribution in [2.45, 2.75) is 25.3 Å². The minimum atomic E-state index is -0.454. The number of aromatic amines is 1. The molecule has 10 heteroatoms. The predicted molar refractivity (Wildman–Crippen MR) is 121 cm³/mol. The maximum atomic E-state index is 13.6. The molecule has 0 saturated carbocycles. The van der Waals surface area contributed by atoms with Crippen LogP contribution in [0.1, 0.15) is 40.5 Å². The molecule has 1 atom stereocenters. The molecule has 0 radical (unpaired) electrons. The molecule has 168 valence electrons. The number of likely N-dealkylation sites (tertiary alicyclic amines) is 1. The van der Waals surface area contributed by atoms with E-state index in [9.17, 15) is 14.0 Å². The van der Waals surface area contributed by atoms with Gasteiger partial charge in [-0.3, -0.25) is 9.59 Å². The van der Waals surface area contributed by atoms with Crippen LogP contribution in [0.4, 0.5) is 4.39 Å². The molecule has 2 aromatic carbocycles. The van der Waals surface area contributed by atoms with Crippen LogP contribution in [-0.2, 0) is 6.54 Å². The summed E-state index contributed by atoms with van der Waals surface area (Å²) in [5.41, 5.74) is 1.26. The van der Waals surface area contributed by atoms with Gasteiger partial charge in [0.25, 0.3) is 11.5 Å². The van der Waals surface area contributed by atoms with E-state index in [0.717, 1.165) is 18.4 Å². The Bertz CT molecular complexity index is 1400. The molecular formula is C23H20ClFN6O2. The molecule has 1 aliphatic heterocycles. The first-order chi connectivity index (χ1) is 16.0. The topological polar surface area (TPSA) is 96.8 Å². The molecule has 3 heterocycles. The predicted octanol–water partition coefficient (Wildman–Crippen LogP) is 3.38. The van der Waals surface area contributed by atoms with Gasteiger partial charge in [-0.1, -0.05) is 41.1 Å². The van der Waals surface area contributed by atoms with Gasteiger partial charge in [0, 0.05) is 29.6 Å². The zero-order valence-corrected chi connectivity index (χ0v) is 18.3. The number of hydrogen-bond acceptors (Lipinski definition) is 5. The number of nitrogens with one attached hydrogen (secondary N) is 1. The fourth-order valence-electron chi connectivity index (χ4n) is 4.16. The van der Waals surface area contributed by atoms with Gasteiger partial charge in [0.1, 0.15) is 11.6 Å². The highest BCUT2D eigenvalue weighted by Crippen LogP contribution is 2.26. The Labute approximate surface area is 193 Å². The zero-order chi connectivity index (χ0) is 22.9. The number of carbonyl (C=O) groups is 1. The van der Waals surface area contributed by atoms with Crippen molar-refractivity contribution in [3.63, 3.8) is 0 Å². The van der Waals surface area contributed by atoms with Crippen molar-refractivity contribution >= 4 is 28.7 Å². The number of carbonyl (C=O) groups excluding carboxylic acids is 1. The average Bonchev–Trinajstić information content (AvgIpc) is 3.23. The van der Waals surface area contributed by atoms with Gasteiger partial charge in [0.2, 0.25) is 0 Å². The van der Waals surface area contributed by atoms with E-state index in [1.54, 1.807) is 21.7 Å². The second-order valence-corrected chi connectivity index (χ2v) is 8.47. The van der Waals surface area contributed by atoms with Crippen LogP contribution in [0, 0.1) is 5.82 Å². The number of nitrogens with zero attached hydrogens (tertiary/aromatic N) is 5. The van der Waals surface area contributed by atoms with Gasteiger partial charge in [-0.25, -0.2) is 14.1 Å². The van der Waals surface area contributed by atoms with Gasteiger partial charge < -0.3 is 9.88 Å². The van der Waals surface area contributed by atoms with E-state index >= 15 is 0 Å². The number of halogens is 2. The Morgan fingerprint density at radius 2 is 2.06 bits per heavy atom. The van der Waals surface area contributed by atoms with Crippen LogP contribution in [0.2, 0.25) is 5.02 Å². The molecule has 1 N–H and O–H groups in total. The Hall–Kier alpha value is -3.59. The third-order valence-electron chi connectivity index (χ3n) is 5.84. The minimum absolute atomic E-state index is 0.148. The van der Waals surface area contributed by atoms with Crippen molar-refractivity contribution in [2.24, 2.45) is 0 Å². The highest BCUT2D eigenvalue weighted by molar-refractivity contribution is 6.31. The van der Waals surface area contributed by atoms with Crippen molar-refractivity contribution in [1.29, 1.82) is 0 Å². The fraction of sp³-hybridized carbons (Fsp3) is 0.261. The molecule has 5 rings (SSSR count). The first kappa shape index (κ1) is 21.3. The van der Waals surface area contributed by atoms with E-state index in [1.807, 2.05) is 18.2 Å². The van der Waals surface area contributed by atoms with Crippen LogP contribution >= 0.6 is 11.6 Å². The zero-order valence-electron chi connectivity index (χ0n) is 17.5. The molecule has 8 nitrogen and oxygen atoms in total. The Morgan fingerprint density at radius 3 is 2.88 bits per heavy atom. The lowest BCUT2D eigenvalue weighted by atomic mass is 9.96. The van der Waals surface area contributed by atoms with Gasteiger partial charge in [-0.2, -0.15) is 0 Å². The number of piperidine rings is 1. The van der Waals surface area contributed by atoms with Crippen LogP contribution in [0.15, 0.2) is 53.3 Å². The molecule has 0 spiro atoms. The SMILES string of the molecule is O=C(c1cccc(F)c1)N1CCCC(c2nc3c(nnn3Cc3ccccc3Cl)c(=O)[nH]2)C1. The maximum Gasteiger partial charge on any atom is 0.281 e. The first-order valence-electron chi connectivity index (χ1n) is 10.6. The highest BCUT2D eigenvalue weighted by Gasteiger charge is 2.28. The number of amides is 1. The summed E-state index contributed by atoms with van der Waals surface area (Å²) in [6.07, 6.45) is 1.50. The highest BCUT2D eigenvalue weighted by atomic mass is 35.5. The van der Waals surface area contributed by atoms with Crippen LogP contribution < -0.4 is 5.56 Å². The smallest absolute Gasteiger partial charge is 0.281 e. The number of rotatable bonds is 4. The summed E-state index contributed by atoms with van der Waals surface area (Å²) in [7, 11) is 0. The van der Waals surface area contributed by atoms with E-state index in [1.165, 1.54) is 18.2 Å². The Morgan fingerprint density at radius 1 is 1.21 bits per heavy atom. The van der Waals surface area contributed by atoms with Crippen LogP contribution in [0.5, 0.6) is 0 Å². The second-order valence-electron chi connectivity index (χ2n) is 8.06. The first-order valence-corrected chi connectivity index (χ1v) is 11.0. The molecule has 1 unspecified atom stereocenters. The Balaban J connectivity index is 1.44. The summed E-state index contributed by atoms with van der Waals surface area (Å²) < 4.78 is 15.1. The molecular weight excluding hydrogens is 447 g/mol.